The van der Waals surface area contributed by atoms with Gasteiger partial charge in [-0.15, -0.1) is 11.3 Å². The molecule has 0 saturated heterocycles. The van der Waals surface area contributed by atoms with Crippen LogP contribution in [-0.4, -0.2) is 27.2 Å². The van der Waals surface area contributed by atoms with Crippen molar-refractivity contribution in [1.29, 1.82) is 0 Å². The van der Waals surface area contributed by atoms with Crippen LogP contribution >= 0.6 is 11.3 Å². The van der Waals surface area contributed by atoms with Crippen LogP contribution in [0.15, 0.2) is 58.7 Å². The minimum absolute atomic E-state index is 0.0174. The maximum atomic E-state index is 13.3. The molecule has 0 amide bonds. The summed E-state index contributed by atoms with van der Waals surface area (Å²) < 4.78 is 7.30. The number of fused-ring (bicyclic) bond motifs is 1. The standard InChI is InChI=1S/C23H20N2O4S/c1-14-3-7-16(8-4-14)20-24-21-19(18(13-30-21)23(27)28)22(26)25(20)11-12-29-17-9-5-15(2)6-10-17/h3-10,13H,11-12H2,1-2H3,(H,27,28). The number of hydrogen-bond donors (Lipinski definition) is 1. The van der Waals surface area contributed by atoms with E-state index in [1.165, 1.54) is 9.95 Å². The molecule has 0 radical (unpaired) electrons. The van der Waals surface area contributed by atoms with Crippen LogP contribution in [-0.2, 0) is 6.54 Å². The predicted octanol–water partition coefficient (Wildman–Crippen LogP) is 4.52. The number of thiophene rings is 1. The Bertz CT molecular complexity index is 1270. The molecule has 4 rings (SSSR count). The molecular weight excluding hydrogens is 400 g/mol. The average Bonchev–Trinajstić information content (AvgIpc) is 3.16. The van der Waals surface area contributed by atoms with Crippen LogP contribution in [0.25, 0.3) is 21.6 Å². The number of nitrogens with zero attached hydrogens (tertiary/aromatic N) is 2. The van der Waals surface area contributed by atoms with Gasteiger partial charge in [0.15, 0.2) is 0 Å². The molecule has 0 unspecified atom stereocenters. The van der Waals surface area contributed by atoms with Crippen LogP contribution in [0.3, 0.4) is 0 Å². The fourth-order valence-electron chi connectivity index (χ4n) is 3.20. The lowest BCUT2D eigenvalue weighted by Gasteiger charge is -2.14. The van der Waals surface area contributed by atoms with Gasteiger partial charge in [0.05, 0.1) is 17.5 Å². The van der Waals surface area contributed by atoms with Crippen LogP contribution < -0.4 is 10.3 Å². The first-order valence-corrected chi connectivity index (χ1v) is 10.3. The van der Waals surface area contributed by atoms with E-state index in [0.29, 0.717) is 16.4 Å². The van der Waals surface area contributed by atoms with E-state index in [0.717, 1.165) is 28.0 Å². The lowest BCUT2D eigenvalue weighted by atomic mass is 10.1. The smallest absolute Gasteiger partial charge is 0.337 e. The topological polar surface area (TPSA) is 81.4 Å². The Balaban J connectivity index is 1.76. The summed E-state index contributed by atoms with van der Waals surface area (Å²) in [5.41, 5.74) is 2.63. The summed E-state index contributed by atoms with van der Waals surface area (Å²) in [6.45, 7) is 4.48. The molecule has 0 saturated carbocycles. The van der Waals surface area contributed by atoms with Gasteiger partial charge in [-0.25, -0.2) is 9.78 Å². The van der Waals surface area contributed by atoms with Crippen LogP contribution in [0, 0.1) is 13.8 Å². The van der Waals surface area contributed by atoms with Crippen molar-refractivity contribution in [3.05, 3.63) is 81.0 Å². The number of carbonyl (C=O) groups is 1. The number of aromatic nitrogens is 2. The number of aromatic carboxylic acids is 1. The summed E-state index contributed by atoms with van der Waals surface area (Å²) in [5, 5.41) is 11.1. The van der Waals surface area contributed by atoms with Crippen molar-refractivity contribution in [3.63, 3.8) is 0 Å². The molecule has 4 aromatic rings. The maximum Gasteiger partial charge on any atom is 0.337 e. The fraction of sp³-hybridized carbons (Fsp3) is 0.174. The highest BCUT2D eigenvalue weighted by Crippen LogP contribution is 2.25. The normalized spacial score (nSPS) is 11.0. The molecule has 7 heteroatoms. The van der Waals surface area contributed by atoms with E-state index in [1.54, 1.807) is 0 Å². The van der Waals surface area contributed by atoms with Crippen molar-refractivity contribution < 1.29 is 14.6 Å². The van der Waals surface area contributed by atoms with Gasteiger partial charge in [0, 0.05) is 10.9 Å². The first-order chi connectivity index (χ1) is 14.4. The van der Waals surface area contributed by atoms with E-state index in [1.807, 2.05) is 62.4 Å². The largest absolute Gasteiger partial charge is 0.492 e. The van der Waals surface area contributed by atoms with E-state index >= 15 is 0 Å². The Kier molecular flexibility index (Phi) is 5.37. The van der Waals surface area contributed by atoms with Crippen LogP contribution in [0.2, 0.25) is 0 Å². The zero-order chi connectivity index (χ0) is 21.3. The SMILES string of the molecule is Cc1ccc(OCCn2c(-c3ccc(C)cc3)nc3scc(C(=O)O)c3c2=O)cc1. The van der Waals surface area contributed by atoms with Gasteiger partial charge in [0.1, 0.15) is 23.0 Å². The lowest BCUT2D eigenvalue weighted by Crippen LogP contribution is -2.26. The number of carboxylic acid groups (broad SMARTS) is 1. The molecule has 0 aliphatic heterocycles. The number of benzene rings is 2. The minimum atomic E-state index is -1.13. The zero-order valence-electron chi connectivity index (χ0n) is 16.6. The quantitative estimate of drug-likeness (QED) is 0.496. The van der Waals surface area contributed by atoms with Gasteiger partial charge >= 0.3 is 5.97 Å². The van der Waals surface area contributed by atoms with Crippen molar-refractivity contribution in [3.8, 4) is 17.1 Å². The van der Waals surface area contributed by atoms with Crippen LogP contribution in [0.1, 0.15) is 21.5 Å². The van der Waals surface area contributed by atoms with E-state index in [9.17, 15) is 14.7 Å². The molecule has 0 bridgehead atoms. The van der Waals surface area contributed by atoms with Gasteiger partial charge in [-0.1, -0.05) is 47.5 Å². The first kappa shape index (κ1) is 19.8. The zero-order valence-corrected chi connectivity index (χ0v) is 17.4. The van der Waals surface area contributed by atoms with Gasteiger partial charge in [-0.3, -0.25) is 9.36 Å². The second-order valence-electron chi connectivity index (χ2n) is 7.05. The summed E-state index contributed by atoms with van der Waals surface area (Å²) in [7, 11) is 0. The van der Waals surface area contributed by atoms with Gasteiger partial charge < -0.3 is 9.84 Å². The molecule has 6 nitrogen and oxygen atoms in total. The highest BCUT2D eigenvalue weighted by Gasteiger charge is 2.20. The summed E-state index contributed by atoms with van der Waals surface area (Å²) in [5.74, 6) is 0.0748. The highest BCUT2D eigenvalue weighted by atomic mass is 32.1. The number of aryl methyl sites for hydroxylation is 2. The highest BCUT2D eigenvalue weighted by molar-refractivity contribution is 7.17. The number of ether oxygens (including phenoxy) is 1. The number of rotatable bonds is 6. The molecule has 0 atom stereocenters. The lowest BCUT2D eigenvalue weighted by molar-refractivity contribution is 0.0699. The Labute approximate surface area is 177 Å². The van der Waals surface area contributed by atoms with Crippen LogP contribution in [0.4, 0.5) is 0 Å². The Hall–Kier alpha value is -3.45. The van der Waals surface area contributed by atoms with Gasteiger partial charge in [0.2, 0.25) is 0 Å². The third kappa shape index (κ3) is 3.84. The molecular formula is C23H20N2O4S. The van der Waals surface area contributed by atoms with E-state index < -0.39 is 5.97 Å². The second kappa shape index (κ2) is 8.12. The Morgan fingerprint density at radius 2 is 1.70 bits per heavy atom. The third-order valence-corrected chi connectivity index (χ3v) is 5.71. The van der Waals surface area contributed by atoms with Crippen molar-refractivity contribution >= 4 is 27.5 Å². The average molecular weight is 420 g/mol. The van der Waals surface area contributed by atoms with Crippen molar-refractivity contribution in [2.45, 2.75) is 20.4 Å². The van der Waals surface area contributed by atoms with Crippen LogP contribution in [0.5, 0.6) is 5.75 Å². The van der Waals surface area contributed by atoms with E-state index in [-0.39, 0.29) is 29.7 Å². The minimum Gasteiger partial charge on any atom is -0.492 e. The van der Waals surface area contributed by atoms with Gasteiger partial charge in [-0.05, 0) is 26.0 Å². The molecule has 152 valence electrons. The summed E-state index contributed by atoms with van der Waals surface area (Å²) >= 11 is 1.16. The third-order valence-electron chi connectivity index (χ3n) is 4.84. The first-order valence-electron chi connectivity index (χ1n) is 9.46. The molecule has 0 fully saturated rings. The van der Waals surface area contributed by atoms with Crippen molar-refractivity contribution in [1.82, 2.24) is 9.55 Å². The van der Waals surface area contributed by atoms with Crippen molar-refractivity contribution in [2.24, 2.45) is 0 Å². The number of hydrogen-bond acceptors (Lipinski definition) is 5. The Morgan fingerprint density at radius 3 is 2.33 bits per heavy atom. The predicted molar refractivity (Wildman–Crippen MR) is 118 cm³/mol. The molecule has 2 aromatic heterocycles. The second-order valence-corrected chi connectivity index (χ2v) is 7.91. The maximum absolute atomic E-state index is 13.3. The molecule has 0 spiro atoms. The van der Waals surface area contributed by atoms with E-state index in [4.69, 9.17) is 4.74 Å². The monoisotopic (exact) mass is 420 g/mol. The Morgan fingerprint density at radius 1 is 1.07 bits per heavy atom. The molecule has 0 aliphatic rings. The molecule has 2 heterocycles. The summed E-state index contributed by atoms with van der Waals surface area (Å²) in [6, 6.07) is 15.4. The summed E-state index contributed by atoms with van der Waals surface area (Å²) in [6.07, 6.45) is 0. The number of carboxylic acids is 1. The van der Waals surface area contributed by atoms with Gasteiger partial charge in [-0.2, -0.15) is 0 Å². The molecule has 1 N–H and O–H groups in total. The van der Waals surface area contributed by atoms with Crippen molar-refractivity contribution in [2.75, 3.05) is 6.61 Å². The fourth-order valence-corrected chi connectivity index (χ4v) is 4.10. The molecule has 30 heavy (non-hydrogen) atoms. The van der Waals surface area contributed by atoms with E-state index in [2.05, 4.69) is 4.98 Å². The summed E-state index contributed by atoms with van der Waals surface area (Å²) in [4.78, 5) is 29.9. The van der Waals surface area contributed by atoms with Gasteiger partial charge in [0.25, 0.3) is 5.56 Å². The molecule has 2 aromatic carbocycles. The molecule has 0 aliphatic carbocycles.